The van der Waals surface area contributed by atoms with Crippen LogP contribution in [0, 0.1) is 11.2 Å². The van der Waals surface area contributed by atoms with Gasteiger partial charge in [-0.1, -0.05) is 32.4 Å². The molecule has 2 N–H and O–H groups in total. The van der Waals surface area contributed by atoms with Gasteiger partial charge in [0.25, 0.3) is 0 Å². The van der Waals surface area contributed by atoms with Gasteiger partial charge in [-0.05, 0) is 17.9 Å². The molecule has 1 aromatic heterocycles. The van der Waals surface area contributed by atoms with Gasteiger partial charge in [-0.2, -0.15) is 0 Å². The number of hydrogen-bond donors (Lipinski definition) is 1. The highest BCUT2D eigenvalue weighted by Gasteiger charge is 2.20. The maximum Gasteiger partial charge on any atom is 0.201 e. The number of benzene rings is 1. The molecule has 2 rings (SSSR count). The van der Waals surface area contributed by atoms with Crippen LogP contribution in [-0.4, -0.2) is 9.55 Å². The van der Waals surface area contributed by atoms with Crippen LogP contribution in [0.2, 0.25) is 5.02 Å². The second-order valence-corrected chi connectivity index (χ2v) is 5.74. The average molecular weight is 270 g/mol. The molecule has 5 heteroatoms. The minimum absolute atomic E-state index is 0.0953. The quantitative estimate of drug-likeness (QED) is 0.920. The number of imidazole rings is 1. The first-order valence-electron chi connectivity index (χ1n) is 5.95. The molecule has 0 fully saturated rings. The molecule has 18 heavy (non-hydrogen) atoms. The van der Waals surface area contributed by atoms with Gasteiger partial charge in [0.05, 0.1) is 16.1 Å². The van der Waals surface area contributed by atoms with Crippen molar-refractivity contribution in [2.45, 2.75) is 33.7 Å². The Morgan fingerprint density at radius 3 is 2.72 bits per heavy atom. The maximum absolute atomic E-state index is 13.4. The summed E-state index contributed by atoms with van der Waals surface area (Å²) in [5.74, 6) is -0.0724. The Labute approximate surface area is 111 Å². The molecule has 0 saturated heterocycles. The number of fused-ring (bicyclic) bond motifs is 1. The topological polar surface area (TPSA) is 43.8 Å². The van der Waals surface area contributed by atoms with Crippen molar-refractivity contribution in [3.8, 4) is 0 Å². The van der Waals surface area contributed by atoms with Gasteiger partial charge in [-0.3, -0.25) is 0 Å². The first-order valence-corrected chi connectivity index (χ1v) is 6.32. The fourth-order valence-electron chi connectivity index (χ4n) is 1.84. The van der Waals surface area contributed by atoms with E-state index in [-0.39, 0.29) is 10.4 Å². The van der Waals surface area contributed by atoms with Crippen molar-refractivity contribution in [2.75, 3.05) is 5.73 Å². The lowest BCUT2D eigenvalue weighted by Crippen LogP contribution is -2.19. The van der Waals surface area contributed by atoms with Crippen molar-refractivity contribution >= 4 is 28.6 Å². The number of nitrogen functional groups attached to an aromatic ring is 1. The van der Waals surface area contributed by atoms with Crippen LogP contribution in [0.15, 0.2) is 12.1 Å². The van der Waals surface area contributed by atoms with Crippen LogP contribution < -0.4 is 5.73 Å². The van der Waals surface area contributed by atoms with E-state index < -0.39 is 5.82 Å². The molecule has 0 saturated carbocycles. The van der Waals surface area contributed by atoms with Gasteiger partial charge >= 0.3 is 0 Å². The number of hydrogen-bond acceptors (Lipinski definition) is 2. The number of anilines is 1. The van der Waals surface area contributed by atoms with E-state index in [4.69, 9.17) is 17.3 Å². The molecule has 0 aliphatic carbocycles. The van der Waals surface area contributed by atoms with Crippen molar-refractivity contribution in [1.29, 1.82) is 0 Å². The van der Waals surface area contributed by atoms with E-state index in [0.717, 1.165) is 18.5 Å². The third kappa shape index (κ3) is 2.29. The first-order chi connectivity index (χ1) is 8.34. The van der Waals surface area contributed by atoms with Crippen LogP contribution in [0.5, 0.6) is 0 Å². The van der Waals surface area contributed by atoms with Crippen molar-refractivity contribution in [1.82, 2.24) is 9.55 Å². The molecule has 0 aliphatic rings. The van der Waals surface area contributed by atoms with Crippen LogP contribution >= 0.6 is 11.6 Å². The lowest BCUT2D eigenvalue weighted by Gasteiger charge is -2.24. The summed E-state index contributed by atoms with van der Waals surface area (Å²) in [5, 5.41) is 0.0953. The molecule has 0 unspecified atom stereocenters. The van der Waals surface area contributed by atoms with E-state index in [2.05, 4.69) is 25.8 Å². The zero-order chi connectivity index (χ0) is 13.5. The lowest BCUT2D eigenvalue weighted by molar-refractivity contribution is 0.300. The fraction of sp³-hybridized carbons (Fsp3) is 0.462. The predicted octanol–water partition coefficient (Wildman–Crippen LogP) is 3.85. The van der Waals surface area contributed by atoms with E-state index in [1.165, 1.54) is 6.07 Å². The molecule has 1 aromatic carbocycles. The van der Waals surface area contributed by atoms with Crippen LogP contribution in [0.25, 0.3) is 11.0 Å². The van der Waals surface area contributed by atoms with E-state index >= 15 is 0 Å². The number of nitrogens with zero attached hydrogens (tertiary/aromatic N) is 2. The smallest absolute Gasteiger partial charge is 0.201 e. The van der Waals surface area contributed by atoms with Crippen LogP contribution in [0.3, 0.4) is 0 Å². The highest BCUT2D eigenvalue weighted by atomic mass is 35.5. The summed E-state index contributed by atoms with van der Waals surface area (Å²) < 4.78 is 15.3. The molecule has 2 aromatic rings. The summed E-state index contributed by atoms with van der Waals surface area (Å²) in [7, 11) is 0. The van der Waals surface area contributed by atoms with Crippen LogP contribution in [0.1, 0.15) is 27.2 Å². The molecule has 0 radical (unpaired) electrons. The maximum atomic E-state index is 13.4. The van der Waals surface area contributed by atoms with Crippen molar-refractivity contribution in [2.24, 2.45) is 5.41 Å². The Bertz CT molecular complexity index is 589. The zero-order valence-corrected chi connectivity index (χ0v) is 11.6. The van der Waals surface area contributed by atoms with E-state index in [1.807, 2.05) is 4.57 Å². The summed E-state index contributed by atoms with van der Waals surface area (Å²) in [5.41, 5.74) is 7.32. The Balaban J connectivity index is 2.57. The highest BCUT2D eigenvalue weighted by Crippen LogP contribution is 2.29. The third-order valence-electron chi connectivity index (χ3n) is 3.36. The highest BCUT2D eigenvalue weighted by molar-refractivity contribution is 6.31. The summed E-state index contributed by atoms with van der Waals surface area (Å²) in [6.45, 7) is 7.17. The molecule has 1 heterocycles. The monoisotopic (exact) mass is 269 g/mol. The fourth-order valence-corrected chi connectivity index (χ4v) is 2.00. The number of nitrogens with two attached hydrogens (primary N) is 1. The van der Waals surface area contributed by atoms with E-state index in [1.54, 1.807) is 6.07 Å². The van der Waals surface area contributed by atoms with Gasteiger partial charge in [-0.15, -0.1) is 0 Å². The van der Waals surface area contributed by atoms with Gasteiger partial charge < -0.3 is 10.3 Å². The molecular formula is C13H17ClFN3. The Kier molecular flexibility index (Phi) is 3.23. The zero-order valence-electron chi connectivity index (χ0n) is 10.8. The minimum atomic E-state index is -0.469. The molecule has 3 nitrogen and oxygen atoms in total. The van der Waals surface area contributed by atoms with Crippen molar-refractivity contribution in [3.05, 3.63) is 23.0 Å². The number of rotatable bonds is 3. The summed E-state index contributed by atoms with van der Waals surface area (Å²) in [6, 6.07) is 2.91. The average Bonchev–Trinajstić information content (AvgIpc) is 2.57. The van der Waals surface area contributed by atoms with Gasteiger partial charge in [0, 0.05) is 12.6 Å². The normalized spacial score (nSPS) is 12.3. The van der Waals surface area contributed by atoms with Crippen LogP contribution in [-0.2, 0) is 6.54 Å². The largest absolute Gasteiger partial charge is 0.369 e. The van der Waals surface area contributed by atoms with Crippen LogP contribution in [0.4, 0.5) is 10.3 Å². The van der Waals surface area contributed by atoms with Gasteiger partial charge in [-0.25, -0.2) is 9.37 Å². The number of aromatic nitrogens is 2. The number of halogens is 2. The van der Waals surface area contributed by atoms with E-state index in [9.17, 15) is 4.39 Å². The van der Waals surface area contributed by atoms with Crippen molar-refractivity contribution < 1.29 is 4.39 Å². The standard InChI is InChI=1S/C13H17ClFN3/c1-4-13(2,3)7-18-11-5-8(14)9(15)6-10(11)17-12(18)16/h5-6H,4,7H2,1-3H3,(H2,16,17). The molecular weight excluding hydrogens is 253 g/mol. The molecule has 0 spiro atoms. The molecule has 0 bridgehead atoms. The first kappa shape index (κ1) is 13.1. The SMILES string of the molecule is CCC(C)(C)Cn1c(N)nc2cc(F)c(Cl)cc21. The van der Waals surface area contributed by atoms with Crippen molar-refractivity contribution in [3.63, 3.8) is 0 Å². The summed E-state index contributed by atoms with van der Waals surface area (Å²) in [4.78, 5) is 4.18. The second-order valence-electron chi connectivity index (χ2n) is 5.33. The summed E-state index contributed by atoms with van der Waals surface area (Å²) >= 11 is 5.82. The minimum Gasteiger partial charge on any atom is -0.369 e. The Hall–Kier alpha value is -1.29. The van der Waals surface area contributed by atoms with Gasteiger partial charge in [0.15, 0.2) is 0 Å². The molecule has 98 valence electrons. The van der Waals surface area contributed by atoms with E-state index in [0.29, 0.717) is 11.5 Å². The lowest BCUT2D eigenvalue weighted by atomic mass is 9.90. The molecule has 0 aliphatic heterocycles. The molecule has 0 amide bonds. The molecule has 0 atom stereocenters. The Morgan fingerprint density at radius 2 is 2.11 bits per heavy atom. The predicted molar refractivity (Wildman–Crippen MR) is 73.2 cm³/mol. The second kappa shape index (κ2) is 4.43. The van der Waals surface area contributed by atoms with Gasteiger partial charge in [0.1, 0.15) is 5.82 Å². The Morgan fingerprint density at radius 1 is 1.44 bits per heavy atom. The summed E-state index contributed by atoms with van der Waals surface area (Å²) in [6.07, 6.45) is 1.01. The third-order valence-corrected chi connectivity index (χ3v) is 3.65. The van der Waals surface area contributed by atoms with Gasteiger partial charge in [0.2, 0.25) is 5.95 Å².